The first-order valence-corrected chi connectivity index (χ1v) is 9.46. The molecular formula is C21H26ClNO3. The summed E-state index contributed by atoms with van der Waals surface area (Å²) >= 11 is 5.92. The van der Waals surface area contributed by atoms with Gasteiger partial charge in [-0.2, -0.15) is 0 Å². The van der Waals surface area contributed by atoms with E-state index < -0.39 is 0 Å². The van der Waals surface area contributed by atoms with Gasteiger partial charge in [-0.25, -0.2) is 0 Å². The van der Waals surface area contributed by atoms with Crippen LogP contribution in [0, 0.1) is 0 Å². The largest absolute Gasteiger partial charge is 0.496 e. The highest BCUT2D eigenvalue weighted by Crippen LogP contribution is 2.23. The van der Waals surface area contributed by atoms with E-state index in [0.717, 1.165) is 62.8 Å². The molecule has 0 radical (unpaired) electrons. The van der Waals surface area contributed by atoms with Crippen molar-refractivity contribution in [3.05, 3.63) is 58.6 Å². The van der Waals surface area contributed by atoms with Crippen LogP contribution in [0.15, 0.2) is 42.5 Å². The minimum Gasteiger partial charge on any atom is -0.496 e. The molecule has 3 rings (SSSR count). The van der Waals surface area contributed by atoms with Crippen molar-refractivity contribution in [3.8, 4) is 11.5 Å². The lowest BCUT2D eigenvalue weighted by atomic mass is 10.1. The Bertz CT molecular complexity index is 684. The van der Waals surface area contributed by atoms with Crippen LogP contribution in [0.2, 0.25) is 5.02 Å². The number of benzene rings is 2. The van der Waals surface area contributed by atoms with Crippen molar-refractivity contribution in [2.24, 2.45) is 0 Å². The Morgan fingerprint density at radius 3 is 2.58 bits per heavy atom. The van der Waals surface area contributed by atoms with Crippen molar-refractivity contribution in [2.75, 3.05) is 40.0 Å². The molecule has 1 aliphatic heterocycles. The van der Waals surface area contributed by atoms with E-state index in [2.05, 4.69) is 17.0 Å². The molecule has 0 spiro atoms. The minimum absolute atomic E-state index is 0.474. The van der Waals surface area contributed by atoms with E-state index in [-0.39, 0.29) is 0 Å². The lowest BCUT2D eigenvalue weighted by molar-refractivity contribution is 0.0374. The molecule has 1 saturated heterocycles. The molecule has 140 valence electrons. The summed E-state index contributed by atoms with van der Waals surface area (Å²) in [5.74, 6) is 1.66. The summed E-state index contributed by atoms with van der Waals surface area (Å²) in [5.41, 5.74) is 2.38. The average Bonchev–Trinajstić information content (AvgIpc) is 2.68. The maximum Gasteiger partial charge on any atom is 0.125 e. The Kier molecular flexibility index (Phi) is 7.18. The van der Waals surface area contributed by atoms with E-state index in [4.69, 9.17) is 25.8 Å². The molecule has 0 unspecified atom stereocenters. The Hall–Kier alpha value is -1.75. The van der Waals surface area contributed by atoms with Gasteiger partial charge in [0, 0.05) is 23.7 Å². The molecule has 0 aromatic heterocycles. The second kappa shape index (κ2) is 9.81. The summed E-state index contributed by atoms with van der Waals surface area (Å²) in [7, 11) is 1.69. The SMILES string of the molecule is COc1ccc(CCCN2CCOCC2)cc1COc1ccc(Cl)cc1. The van der Waals surface area contributed by atoms with Crippen molar-refractivity contribution in [3.63, 3.8) is 0 Å². The normalized spacial score (nSPS) is 15.0. The van der Waals surface area contributed by atoms with E-state index in [1.165, 1.54) is 5.56 Å². The Morgan fingerprint density at radius 2 is 1.85 bits per heavy atom. The number of morpholine rings is 1. The molecule has 0 aliphatic carbocycles. The molecule has 4 nitrogen and oxygen atoms in total. The number of rotatable bonds is 8. The van der Waals surface area contributed by atoms with Gasteiger partial charge in [-0.05, 0) is 61.3 Å². The van der Waals surface area contributed by atoms with E-state index >= 15 is 0 Å². The predicted octanol–water partition coefficient (Wildman–Crippen LogP) is 4.19. The van der Waals surface area contributed by atoms with Gasteiger partial charge in [0.2, 0.25) is 0 Å². The number of aryl methyl sites for hydroxylation is 1. The Morgan fingerprint density at radius 1 is 1.08 bits per heavy atom. The van der Waals surface area contributed by atoms with Crippen molar-refractivity contribution in [1.29, 1.82) is 0 Å². The van der Waals surface area contributed by atoms with Crippen LogP contribution in [0.3, 0.4) is 0 Å². The summed E-state index contributed by atoms with van der Waals surface area (Å²) in [6, 6.07) is 13.8. The third-order valence-corrected chi connectivity index (χ3v) is 4.85. The summed E-state index contributed by atoms with van der Waals surface area (Å²) in [6.45, 7) is 5.39. The molecule has 0 atom stereocenters. The fourth-order valence-corrected chi connectivity index (χ4v) is 3.25. The minimum atomic E-state index is 0.474. The number of hydrogen-bond donors (Lipinski definition) is 0. The van der Waals surface area contributed by atoms with E-state index in [1.54, 1.807) is 7.11 Å². The summed E-state index contributed by atoms with van der Waals surface area (Å²) in [6.07, 6.45) is 2.19. The molecule has 0 N–H and O–H groups in total. The predicted molar refractivity (Wildman–Crippen MR) is 104 cm³/mol. The molecule has 5 heteroatoms. The van der Waals surface area contributed by atoms with Crippen LogP contribution in [0.25, 0.3) is 0 Å². The third-order valence-electron chi connectivity index (χ3n) is 4.60. The van der Waals surface area contributed by atoms with Crippen molar-refractivity contribution in [1.82, 2.24) is 4.90 Å². The molecule has 1 heterocycles. The maximum atomic E-state index is 5.92. The monoisotopic (exact) mass is 375 g/mol. The topological polar surface area (TPSA) is 30.9 Å². The number of nitrogens with zero attached hydrogens (tertiary/aromatic N) is 1. The van der Waals surface area contributed by atoms with Gasteiger partial charge in [-0.1, -0.05) is 17.7 Å². The van der Waals surface area contributed by atoms with Gasteiger partial charge >= 0.3 is 0 Å². The lowest BCUT2D eigenvalue weighted by Crippen LogP contribution is -2.36. The quantitative estimate of drug-likeness (QED) is 0.692. The van der Waals surface area contributed by atoms with E-state index in [0.29, 0.717) is 11.6 Å². The van der Waals surface area contributed by atoms with Gasteiger partial charge in [0.1, 0.15) is 18.1 Å². The molecule has 2 aromatic carbocycles. The van der Waals surface area contributed by atoms with Crippen LogP contribution in [0.5, 0.6) is 11.5 Å². The van der Waals surface area contributed by atoms with Gasteiger partial charge in [-0.15, -0.1) is 0 Å². The number of ether oxygens (including phenoxy) is 3. The fourth-order valence-electron chi connectivity index (χ4n) is 3.12. The van der Waals surface area contributed by atoms with Crippen LogP contribution in [-0.4, -0.2) is 44.9 Å². The van der Waals surface area contributed by atoms with Crippen LogP contribution < -0.4 is 9.47 Å². The summed E-state index contributed by atoms with van der Waals surface area (Å²) in [4.78, 5) is 2.47. The zero-order valence-electron chi connectivity index (χ0n) is 15.2. The summed E-state index contributed by atoms with van der Waals surface area (Å²) in [5, 5.41) is 0.706. The third kappa shape index (κ3) is 5.63. The second-order valence-corrected chi connectivity index (χ2v) is 6.88. The highest BCUT2D eigenvalue weighted by Gasteiger charge is 2.10. The first kappa shape index (κ1) is 19.0. The van der Waals surface area contributed by atoms with Gasteiger partial charge < -0.3 is 14.2 Å². The highest BCUT2D eigenvalue weighted by atomic mass is 35.5. The van der Waals surface area contributed by atoms with Crippen molar-refractivity contribution >= 4 is 11.6 Å². The molecule has 1 aliphatic rings. The first-order chi connectivity index (χ1) is 12.7. The Balaban J connectivity index is 1.55. The van der Waals surface area contributed by atoms with Crippen LogP contribution >= 0.6 is 11.6 Å². The van der Waals surface area contributed by atoms with E-state index in [1.807, 2.05) is 30.3 Å². The van der Waals surface area contributed by atoms with Crippen molar-refractivity contribution in [2.45, 2.75) is 19.4 Å². The zero-order chi connectivity index (χ0) is 18.2. The first-order valence-electron chi connectivity index (χ1n) is 9.09. The second-order valence-electron chi connectivity index (χ2n) is 6.45. The lowest BCUT2D eigenvalue weighted by Gasteiger charge is -2.26. The smallest absolute Gasteiger partial charge is 0.125 e. The molecule has 0 bridgehead atoms. The van der Waals surface area contributed by atoms with Crippen LogP contribution in [0.1, 0.15) is 17.5 Å². The number of halogens is 1. The van der Waals surface area contributed by atoms with Gasteiger partial charge in [0.05, 0.1) is 20.3 Å². The van der Waals surface area contributed by atoms with Gasteiger partial charge in [0.25, 0.3) is 0 Å². The number of methoxy groups -OCH3 is 1. The fraction of sp³-hybridized carbons (Fsp3) is 0.429. The van der Waals surface area contributed by atoms with E-state index in [9.17, 15) is 0 Å². The van der Waals surface area contributed by atoms with Gasteiger partial charge in [-0.3, -0.25) is 4.90 Å². The molecule has 2 aromatic rings. The molecule has 1 fully saturated rings. The maximum absolute atomic E-state index is 5.92. The Labute approximate surface area is 160 Å². The highest BCUT2D eigenvalue weighted by molar-refractivity contribution is 6.30. The standard InChI is InChI=1S/C21H26ClNO3/c1-24-21-9-4-17(3-2-10-23-11-13-25-14-12-23)15-18(21)16-26-20-7-5-19(22)6-8-20/h4-9,15H,2-3,10-14,16H2,1H3. The van der Waals surface area contributed by atoms with Crippen LogP contribution in [0.4, 0.5) is 0 Å². The zero-order valence-corrected chi connectivity index (χ0v) is 16.0. The van der Waals surface area contributed by atoms with Crippen molar-refractivity contribution < 1.29 is 14.2 Å². The van der Waals surface area contributed by atoms with Gasteiger partial charge in [0.15, 0.2) is 0 Å². The average molecular weight is 376 g/mol. The summed E-state index contributed by atoms with van der Waals surface area (Å²) < 4.78 is 16.8. The molecular weight excluding hydrogens is 350 g/mol. The molecule has 0 amide bonds. The van der Waals surface area contributed by atoms with Crippen LogP contribution in [-0.2, 0) is 17.8 Å². The molecule has 26 heavy (non-hydrogen) atoms. The number of hydrogen-bond acceptors (Lipinski definition) is 4. The molecule has 0 saturated carbocycles.